The molecular formula is C16H12N4O2. The van der Waals surface area contributed by atoms with E-state index in [0.717, 1.165) is 22.2 Å². The molecule has 108 valence electrons. The van der Waals surface area contributed by atoms with Crippen LogP contribution in [0.15, 0.2) is 65.9 Å². The summed E-state index contributed by atoms with van der Waals surface area (Å²) in [5.41, 5.74) is 5.42. The Balaban J connectivity index is 1.77. The normalized spacial score (nSPS) is 10.9. The second kappa shape index (κ2) is 6.01. The van der Waals surface area contributed by atoms with Crippen molar-refractivity contribution in [3.63, 3.8) is 0 Å². The molecule has 0 amide bonds. The van der Waals surface area contributed by atoms with Crippen LogP contribution in [0, 0.1) is 10.1 Å². The summed E-state index contributed by atoms with van der Waals surface area (Å²) in [6.45, 7) is 0. The van der Waals surface area contributed by atoms with Crippen molar-refractivity contribution < 1.29 is 4.92 Å². The molecule has 6 heteroatoms. The largest absolute Gasteiger partial charge is 0.276 e. The lowest BCUT2D eigenvalue weighted by Crippen LogP contribution is -1.93. The number of pyridine rings is 1. The summed E-state index contributed by atoms with van der Waals surface area (Å²) in [7, 11) is 0. The summed E-state index contributed by atoms with van der Waals surface area (Å²) in [4.78, 5) is 14.5. The van der Waals surface area contributed by atoms with E-state index in [-0.39, 0.29) is 5.69 Å². The van der Waals surface area contributed by atoms with E-state index in [1.165, 1.54) is 12.1 Å². The molecule has 3 rings (SSSR count). The van der Waals surface area contributed by atoms with Gasteiger partial charge in [0, 0.05) is 23.7 Å². The first kappa shape index (κ1) is 13.7. The Kier molecular flexibility index (Phi) is 3.74. The average Bonchev–Trinajstić information content (AvgIpc) is 2.55. The summed E-state index contributed by atoms with van der Waals surface area (Å²) in [6, 6.07) is 15.8. The summed E-state index contributed by atoms with van der Waals surface area (Å²) in [5, 5.41) is 15.8. The molecule has 1 heterocycles. The summed E-state index contributed by atoms with van der Waals surface area (Å²) in [5.74, 6) is 0. The minimum atomic E-state index is -0.430. The number of hydrogen-bond donors (Lipinski definition) is 1. The van der Waals surface area contributed by atoms with Crippen molar-refractivity contribution in [3.05, 3.63) is 76.5 Å². The fourth-order valence-corrected chi connectivity index (χ4v) is 2.05. The lowest BCUT2D eigenvalue weighted by molar-refractivity contribution is -0.384. The molecule has 3 aromatic rings. The fourth-order valence-electron chi connectivity index (χ4n) is 2.05. The van der Waals surface area contributed by atoms with Crippen LogP contribution in [0.4, 0.5) is 11.4 Å². The molecule has 1 aromatic heterocycles. The number of nitro benzene ring substituents is 1. The van der Waals surface area contributed by atoms with Gasteiger partial charge in [0.15, 0.2) is 0 Å². The summed E-state index contributed by atoms with van der Waals surface area (Å²) >= 11 is 0. The van der Waals surface area contributed by atoms with Crippen LogP contribution in [0.1, 0.15) is 5.56 Å². The lowest BCUT2D eigenvalue weighted by atomic mass is 10.2. The second-order valence-corrected chi connectivity index (χ2v) is 4.60. The van der Waals surface area contributed by atoms with Gasteiger partial charge < -0.3 is 0 Å². The highest BCUT2D eigenvalue weighted by atomic mass is 16.6. The van der Waals surface area contributed by atoms with E-state index in [0.29, 0.717) is 0 Å². The Morgan fingerprint density at radius 3 is 2.64 bits per heavy atom. The van der Waals surface area contributed by atoms with Gasteiger partial charge in [0.1, 0.15) is 0 Å². The fraction of sp³-hybridized carbons (Fsp3) is 0. The van der Waals surface area contributed by atoms with Gasteiger partial charge in [-0.2, -0.15) is 5.10 Å². The topological polar surface area (TPSA) is 80.4 Å². The smallest absolute Gasteiger partial charge is 0.269 e. The maximum absolute atomic E-state index is 10.6. The van der Waals surface area contributed by atoms with Crippen LogP contribution in [0.3, 0.4) is 0 Å². The Hall–Kier alpha value is -3.28. The SMILES string of the molecule is O=[N+]([O-])c1ccc(/C=N/Nc2cccc3cccnc23)cc1. The zero-order valence-corrected chi connectivity index (χ0v) is 11.5. The van der Waals surface area contributed by atoms with Gasteiger partial charge in [0.05, 0.1) is 22.3 Å². The minimum absolute atomic E-state index is 0.0587. The van der Waals surface area contributed by atoms with Crippen molar-refractivity contribution >= 4 is 28.5 Å². The first-order chi connectivity index (χ1) is 10.7. The molecule has 0 saturated heterocycles. The average molecular weight is 292 g/mol. The maximum Gasteiger partial charge on any atom is 0.269 e. The number of hydrazone groups is 1. The van der Waals surface area contributed by atoms with Gasteiger partial charge in [-0.1, -0.05) is 18.2 Å². The monoisotopic (exact) mass is 292 g/mol. The van der Waals surface area contributed by atoms with Crippen molar-refractivity contribution in [1.29, 1.82) is 0 Å². The third-order valence-corrected chi connectivity index (χ3v) is 3.14. The van der Waals surface area contributed by atoms with Gasteiger partial charge in [-0.05, 0) is 29.8 Å². The highest BCUT2D eigenvalue weighted by Gasteiger charge is 2.03. The van der Waals surface area contributed by atoms with E-state index in [1.807, 2.05) is 30.3 Å². The first-order valence-electron chi connectivity index (χ1n) is 6.61. The van der Waals surface area contributed by atoms with Gasteiger partial charge in [0.25, 0.3) is 5.69 Å². The molecule has 0 radical (unpaired) electrons. The van der Waals surface area contributed by atoms with Crippen molar-refractivity contribution in [3.8, 4) is 0 Å². The van der Waals surface area contributed by atoms with Crippen molar-refractivity contribution in [2.75, 3.05) is 5.43 Å². The second-order valence-electron chi connectivity index (χ2n) is 4.60. The number of non-ortho nitro benzene ring substituents is 1. The van der Waals surface area contributed by atoms with E-state index in [1.54, 1.807) is 24.5 Å². The molecule has 0 unspecified atom stereocenters. The van der Waals surface area contributed by atoms with Gasteiger partial charge in [0.2, 0.25) is 0 Å². The number of aromatic nitrogens is 1. The molecule has 22 heavy (non-hydrogen) atoms. The standard InChI is InChI=1S/C16H12N4O2/c21-20(22)14-8-6-12(7-9-14)11-18-19-15-5-1-3-13-4-2-10-17-16(13)15/h1-11,19H/b18-11+. The maximum atomic E-state index is 10.6. The van der Waals surface area contributed by atoms with Gasteiger partial charge in [-0.3, -0.25) is 20.5 Å². The van der Waals surface area contributed by atoms with E-state index in [2.05, 4.69) is 15.5 Å². The van der Waals surface area contributed by atoms with Gasteiger partial charge >= 0.3 is 0 Å². The number of fused-ring (bicyclic) bond motifs is 1. The lowest BCUT2D eigenvalue weighted by Gasteiger charge is -2.04. The summed E-state index contributed by atoms with van der Waals surface area (Å²) in [6.07, 6.45) is 3.33. The van der Waals surface area contributed by atoms with Gasteiger partial charge in [-0.15, -0.1) is 0 Å². The Morgan fingerprint density at radius 2 is 1.86 bits per heavy atom. The van der Waals surface area contributed by atoms with Crippen molar-refractivity contribution in [2.45, 2.75) is 0 Å². The van der Waals surface area contributed by atoms with Gasteiger partial charge in [-0.25, -0.2) is 0 Å². The van der Waals surface area contributed by atoms with E-state index < -0.39 is 4.92 Å². The van der Waals surface area contributed by atoms with Crippen LogP contribution in [-0.4, -0.2) is 16.1 Å². The highest BCUT2D eigenvalue weighted by molar-refractivity contribution is 5.90. The number of para-hydroxylation sites is 1. The number of benzene rings is 2. The molecule has 0 saturated carbocycles. The zero-order valence-electron chi connectivity index (χ0n) is 11.5. The quantitative estimate of drug-likeness (QED) is 0.452. The molecule has 0 bridgehead atoms. The van der Waals surface area contributed by atoms with Crippen LogP contribution < -0.4 is 5.43 Å². The number of anilines is 1. The van der Waals surface area contributed by atoms with Crippen LogP contribution in [0.25, 0.3) is 10.9 Å². The molecule has 1 N–H and O–H groups in total. The molecule has 0 aliphatic heterocycles. The van der Waals surface area contributed by atoms with Crippen molar-refractivity contribution in [2.24, 2.45) is 5.10 Å². The molecular weight excluding hydrogens is 280 g/mol. The Bertz CT molecular complexity index is 839. The highest BCUT2D eigenvalue weighted by Crippen LogP contribution is 2.20. The van der Waals surface area contributed by atoms with Crippen LogP contribution in [0.5, 0.6) is 0 Å². The predicted molar refractivity (Wildman–Crippen MR) is 86.1 cm³/mol. The number of nitrogens with one attached hydrogen (secondary N) is 1. The molecule has 2 aromatic carbocycles. The summed E-state index contributed by atoms with van der Waals surface area (Å²) < 4.78 is 0. The molecule has 0 aliphatic carbocycles. The Morgan fingerprint density at radius 1 is 1.09 bits per heavy atom. The molecule has 0 spiro atoms. The predicted octanol–water partition coefficient (Wildman–Crippen LogP) is 3.59. The third kappa shape index (κ3) is 2.90. The van der Waals surface area contributed by atoms with E-state index in [9.17, 15) is 10.1 Å². The number of nitro groups is 1. The number of hydrogen-bond acceptors (Lipinski definition) is 5. The third-order valence-electron chi connectivity index (χ3n) is 3.14. The molecule has 0 atom stereocenters. The van der Waals surface area contributed by atoms with Crippen LogP contribution in [0.2, 0.25) is 0 Å². The van der Waals surface area contributed by atoms with Crippen molar-refractivity contribution in [1.82, 2.24) is 4.98 Å². The van der Waals surface area contributed by atoms with E-state index in [4.69, 9.17) is 0 Å². The van der Waals surface area contributed by atoms with Crippen LogP contribution >= 0.6 is 0 Å². The van der Waals surface area contributed by atoms with E-state index >= 15 is 0 Å². The number of rotatable bonds is 4. The number of nitrogens with zero attached hydrogens (tertiary/aromatic N) is 3. The minimum Gasteiger partial charge on any atom is -0.276 e. The molecule has 0 fully saturated rings. The zero-order chi connectivity index (χ0) is 15.4. The molecule has 0 aliphatic rings. The Labute approximate surface area is 126 Å². The molecule has 6 nitrogen and oxygen atoms in total. The van der Waals surface area contributed by atoms with Crippen LogP contribution in [-0.2, 0) is 0 Å². The first-order valence-corrected chi connectivity index (χ1v) is 6.61.